The smallest absolute Gasteiger partial charge is 0.242 e. The molecule has 1 heterocycles. The maximum atomic E-state index is 11.7. The first kappa shape index (κ1) is 13.6. The Hall–Kier alpha value is -1.43. The van der Waals surface area contributed by atoms with E-state index < -0.39 is 0 Å². The summed E-state index contributed by atoms with van der Waals surface area (Å²) in [6, 6.07) is 0. The molecule has 3 N–H and O–H groups in total. The van der Waals surface area contributed by atoms with E-state index in [4.69, 9.17) is 5.73 Å². The lowest BCUT2D eigenvalue weighted by Crippen LogP contribution is -2.44. The Labute approximate surface area is 102 Å². The summed E-state index contributed by atoms with van der Waals surface area (Å²) in [5.41, 5.74) is 6.05. The fraction of sp³-hybridized carbons (Fsp3) is 0.727. The van der Waals surface area contributed by atoms with Crippen LogP contribution in [0.25, 0.3) is 0 Å². The normalized spacial score (nSPS) is 11.5. The molecule has 1 amide bonds. The van der Waals surface area contributed by atoms with Crippen molar-refractivity contribution >= 4 is 5.91 Å². The molecule has 0 saturated heterocycles. The standard InChI is InChI=1S/C11H21N5O/c1-4-11(2,3)13-10(17)8-16-7-9(5-6-12)14-15-16/h7H,4-6,8,12H2,1-3H3,(H,13,17). The van der Waals surface area contributed by atoms with E-state index in [1.165, 1.54) is 4.68 Å². The zero-order valence-electron chi connectivity index (χ0n) is 10.7. The first-order valence-electron chi connectivity index (χ1n) is 5.87. The van der Waals surface area contributed by atoms with Gasteiger partial charge in [-0.2, -0.15) is 0 Å². The number of nitrogens with zero attached hydrogens (tertiary/aromatic N) is 3. The van der Waals surface area contributed by atoms with Gasteiger partial charge in [-0.1, -0.05) is 12.1 Å². The molecule has 1 aromatic heterocycles. The van der Waals surface area contributed by atoms with Gasteiger partial charge >= 0.3 is 0 Å². The van der Waals surface area contributed by atoms with Gasteiger partial charge in [0.15, 0.2) is 0 Å². The van der Waals surface area contributed by atoms with Crippen molar-refractivity contribution < 1.29 is 4.79 Å². The number of hydrogen-bond acceptors (Lipinski definition) is 4. The Morgan fingerprint density at radius 2 is 2.29 bits per heavy atom. The molecule has 0 unspecified atom stereocenters. The third-order valence-electron chi connectivity index (χ3n) is 2.65. The summed E-state index contributed by atoms with van der Waals surface area (Å²) in [6.07, 6.45) is 3.32. The van der Waals surface area contributed by atoms with E-state index in [9.17, 15) is 4.79 Å². The zero-order valence-corrected chi connectivity index (χ0v) is 10.7. The van der Waals surface area contributed by atoms with Gasteiger partial charge in [-0.3, -0.25) is 4.79 Å². The number of nitrogens with two attached hydrogens (primary N) is 1. The van der Waals surface area contributed by atoms with Crippen molar-refractivity contribution in [2.45, 2.75) is 45.7 Å². The van der Waals surface area contributed by atoms with Crippen LogP contribution in [0, 0.1) is 0 Å². The Balaban J connectivity index is 2.50. The molecule has 0 atom stereocenters. The van der Waals surface area contributed by atoms with Crippen LogP contribution in [-0.2, 0) is 17.8 Å². The summed E-state index contributed by atoms with van der Waals surface area (Å²) in [5.74, 6) is -0.0546. The number of hydrogen-bond donors (Lipinski definition) is 2. The van der Waals surface area contributed by atoms with Crippen LogP contribution in [0.4, 0.5) is 0 Å². The average Bonchev–Trinajstić information content (AvgIpc) is 2.65. The van der Waals surface area contributed by atoms with Gasteiger partial charge in [0.1, 0.15) is 6.54 Å². The minimum atomic E-state index is -0.183. The SMILES string of the molecule is CCC(C)(C)NC(=O)Cn1cc(CCN)nn1. The highest BCUT2D eigenvalue weighted by Gasteiger charge is 2.18. The molecular weight excluding hydrogens is 218 g/mol. The number of rotatable bonds is 6. The third kappa shape index (κ3) is 4.52. The molecule has 0 radical (unpaired) electrons. The van der Waals surface area contributed by atoms with Crippen LogP contribution in [0.2, 0.25) is 0 Å². The van der Waals surface area contributed by atoms with E-state index in [0.717, 1.165) is 12.1 Å². The number of carbonyl (C=O) groups excluding carboxylic acids is 1. The second-order valence-electron chi connectivity index (χ2n) is 4.73. The van der Waals surface area contributed by atoms with Crippen molar-refractivity contribution in [3.63, 3.8) is 0 Å². The van der Waals surface area contributed by atoms with E-state index in [2.05, 4.69) is 15.6 Å². The molecule has 1 rings (SSSR count). The zero-order chi connectivity index (χ0) is 12.9. The maximum Gasteiger partial charge on any atom is 0.242 e. The van der Waals surface area contributed by atoms with E-state index >= 15 is 0 Å². The Bertz CT molecular complexity index is 372. The lowest BCUT2D eigenvalue weighted by Gasteiger charge is -2.24. The van der Waals surface area contributed by atoms with Gasteiger partial charge in [0.05, 0.1) is 5.69 Å². The summed E-state index contributed by atoms with van der Waals surface area (Å²) in [4.78, 5) is 11.7. The predicted molar refractivity (Wildman–Crippen MR) is 65.3 cm³/mol. The van der Waals surface area contributed by atoms with Crippen LogP contribution in [0.5, 0.6) is 0 Å². The first-order valence-corrected chi connectivity index (χ1v) is 5.87. The molecule has 0 aliphatic heterocycles. The topological polar surface area (TPSA) is 85.8 Å². The summed E-state index contributed by atoms with van der Waals surface area (Å²) in [5, 5.41) is 10.8. The van der Waals surface area contributed by atoms with Gasteiger partial charge in [0, 0.05) is 18.2 Å². The molecule has 0 saturated carbocycles. The predicted octanol–water partition coefficient (Wildman–Crippen LogP) is 0.0841. The van der Waals surface area contributed by atoms with E-state index in [1.807, 2.05) is 20.8 Å². The molecule has 6 heteroatoms. The molecule has 0 spiro atoms. The molecule has 0 aliphatic rings. The number of aromatic nitrogens is 3. The molecule has 17 heavy (non-hydrogen) atoms. The van der Waals surface area contributed by atoms with Crippen LogP contribution in [0.1, 0.15) is 32.9 Å². The van der Waals surface area contributed by atoms with Gasteiger partial charge < -0.3 is 11.1 Å². The molecule has 1 aromatic rings. The molecular formula is C11H21N5O. The van der Waals surface area contributed by atoms with Crippen LogP contribution in [-0.4, -0.2) is 33.0 Å². The highest BCUT2D eigenvalue weighted by Crippen LogP contribution is 2.06. The molecule has 0 aliphatic carbocycles. The second kappa shape index (κ2) is 5.77. The molecule has 96 valence electrons. The summed E-state index contributed by atoms with van der Waals surface area (Å²) < 4.78 is 1.53. The Morgan fingerprint density at radius 3 is 2.88 bits per heavy atom. The molecule has 6 nitrogen and oxygen atoms in total. The third-order valence-corrected chi connectivity index (χ3v) is 2.65. The molecule has 0 aromatic carbocycles. The van der Waals surface area contributed by atoms with Crippen LogP contribution in [0.15, 0.2) is 6.20 Å². The lowest BCUT2D eigenvalue weighted by atomic mass is 10.0. The molecule has 0 fully saturated rings. The summed E-state index contributed by atoms with van der Waals surface area (Å²) in [6.45, 7) is 6.75. The fourth-order valence-corrected chi connectivity index (χ4v) is 1.33. The highest BCUT2D eigenvalue weighted by molar-refractivity contribution is 5.76. The van der Waals surface area contributed by atoms with E-state index in [1.54, 1.807) is 6.20 Å². The van der Waals surface area contributed by atoms with Gasteiger partial charge in [-0.05, 0) is 26.8 Å². The van der Waals surface area contributed by atoms with Crippen LogP contribution < -0.4 is 11.1 Å². The fourth-order valence-electron chi connectivity index (χ4n) is 1.33. The second-order valence-corrected chi connectivity index (χ2v) is 4.73. The lowest BCUT2D eigenvalue weighted by molar-refractivity contribution is -0.123. The van der Waals surface area contributed by atoms with Crippen molar-refractivity contribution in [2.24, 2.45) is 5.73 Å². The first-order chi connectivity index (χ1) is 7.96. The van der Waals surface area contributed by atoms with Crippen LogP contribution >= 0.6 is 0 Å². The van der Waals surface area contributed by atoms with Crippen molar-refractivity contribution in [2.75, 3.05) is 6.54 Å². The quantitative estimate of drug-likeness (QED) is 0.736. The van der Waals surface area contributed by atoms with Gasteiger partial charge in [0.25, 0.3) is 0 Å². The number of amides is 1. The number of nitrogens with one attached hydrogen (secondary N) is 1. The highest BCUT2D eigenvalue weighted by atomic mass is 16.2. The average molecular weight is 239 g/mol. The minimum absolute atomic E-state index is 0.0546. The summed E-state index contributed by atoms with van der Waals surface area (Å²) >= 11 is 0. The van der Waals surface area contributed by atoms with E-state index in [0.29, 0.717) is 13.0 Å². The van der Waals surface area contributed by atoms with Crippen LogP contribution in [0.3, 0.4) is 0 Å². The van der Waals surface area contributed by atoms with Crippen molar-refractivity contribution in [1.29, 1.82) is 0 Å². The van der Waals surface area contributed by atoms with Gasteiger partial charge in [-0.15, -0.1) is 5.10 Å². The Kier molecular flexibility index (Phi) is 4.62. The van der Waals surface area contributed by atoms with Crippen molar-refractivity contribution in [3.8, 4) is 0 Å². The van der Waals surface area contributed by atoms with Crippen molar-refractivity contribution in [3.05, 3.63) is 11.9 Å². The maximum absolute atomic E-state index is 11.7. The van der Waals surface area contributed by atoms with Crippen molar-refractivity contribution in [1.82, 2.24) is 20.3 Å². The summed E-state index contributed by atoms with van der Waals surface area (Å²) in [7, 11) is 0. The van der Waals surface area contributed by atoms with Gasteiger partial charge in [-0.25, -0.2) is 4.68 Å². The monoisotopic (exact) mass is 239 g/mol. The van der Waals surface area contributed by atoms with Gasteiger partial charge in [0.2, 0.25) is 5.91 Å². The minimum Gasteiger partial charge on any atom is -0.350 e. The Morgan fingerprint density at radius 1 is 1.59 bits per heavy atom. The largest absolute Gasteiger partial charge is 0.350 e. The van der Waals surface area contributed by atoms with E-state index in [-0.39, 0.29) is 18.0 Å². The number of carbonyl (C=O) groups is 1. The molecule has 0 bridgehead atoms.